The van der Waals surface area contributed by atoms with Gasteiger partial charge in [-0.2, -0.15) is 0 Å². The van der Waals surface area contributed by atoms with Crippen LogP contribution in [-0.4, -0.2) is 24.6 Å². The molecule has 0 saturated heterocycles. The molecule has 0 fully saturated rings. The maximum absolute atomic E-state index is 2.39. The van der Waals surface area contributed by atoms with E-state index in [-0.39, 0.29) is 12.4 Å². The molecule has 0 rings (SSSR count). The summed E-state index contributed by atoms with van der Waals surface area (Å²) < 4.78 is 0. The van der Waals surface area contributed by atoms with Gasteiger partial charge in [0.05, 0.1) is 24.6 Å². The first kappa shape index (κ1) is 38.9. The predicted molar refractivity (Wildman–Crippen MR) is 169 cm³/mol. The van der Waals surface area contributed by atoms with Gasteiger partial charge in [0.2, 0.25) is 0 Å². The fraction of sp³-hybridized carbons (Fsp3) is 1.00. The van der Waals surface area contributed by atoms with Gasteiger partial charge in [-0.05, 0) is 38.5 Å². The highest BCUT2D eigenvalue weighted by molar-refractivity contribution is 7.75. The van der Waals surface area contributed by atoms with Crippen molar-refractivity contribution in [3.63, 3.8) is 0 Å². The second-order valence-corrected chi connectivity index (χ2v) is 16.5. The van der Waals surface area contributed by atoms with Gasteiger partial charge in [0, 0.05) is 7.26 Å². The van der Waals surface area contributed by atoms with E-state index < -0.39 is 7.26 Å². The third kappa shape index (κ3) is 26.3. The second kappa shape index (κ2) is 31.9. The summed E-state index contributed by atoms with van der Waals surface area (Å²) in [5.41, 5.74) is 0. The summed E-state index contributed by atoms with van der Waals surface area (Å²) in [5.74, 6) is 0. The Morgan fingerprint density at radius 1 is 0.250 bits per heavy atom. The first-order valence-corrected chi connectivity index (χ1v) is 19.6. The molecule has 2 heteroatoms. The minimum atomic E-state index is -0.704. The van der Waals surface area contributed by atoms with E-state index >= 15 is 0 Å². The molecule has 0 heterocycles. The number of rotatable bonds is 30. The standard InChI is InChI=1S/C34H72P.ClH/c1-5-9-13-15-17-19-21-23-25-29-33-35(31-27-11-7-3,32-28-12-8-4)34-30-26-24-22-20-18-16-14-10-6-2;/h5-34H2,1-4H3;1H/q+1;/p-1. The number of unbranched alkanes of at least 4 members (excludes halogenated alkanes) is 22. The van der Waals surface area contributed by atoms with Crippen molar-refractivity contribution in [3.05, 3.63) is 0 Å². The molecule has 0 spiro atoms. The SMILES string of the molecule is CCCCCCCCCCCC[P+](CCCCC)(CCCCC)CCCCCCCCCCCC.[Cl-]. The van der Waals surface area contributed by atoms with Gasteiger partial charge in [0.25, 0.3) is 0 Å². The summed E-state index contributed by atoms with van der Waals surface area (Å²) in [7, 11) is -0.704. The molecule has 0 unspecified atom stereocenters. The first-order chi connectivity index (χ1) is 17.2. The van der Waals surface area contributed by atoms with Gasteiger partial charge in [0.1, 0.15) is 0 Å². The normalized spacial score (nSPS) is 11.7. The molecule has 36 heavy (non-hydrogen) atoms. The Bertz CT molecular complexity index is 347. The van der Waals surface area contributed by atoms with Gasteiger partial charge in [-0.15, -0.1) is 0 Å². The summed E-state index contributed by atoms with van der Waals surface area (Å²) in [6.45, 7) is 9.43. The maximum atomic E-state index is 2.39. The molecule has 0 aliphatic carbocycles. The average molecular weight is 547 g/mol. The highest BCUT2D eigenvalue weighted by Gasteiger charge is 2.34. The van der Waals surface area contributed by atoms with Gasteiger partial charge in [-0.1, -0.05) is 156 Å². The van der Waals surface area contributed by atoms with Crippen molar-refractivity contribution in [1.82, 2.24) is 0 Å². The van der Waals surface area contributed by atoms with E-state index in [0.717, 1.165) is 0 Å². The summed E-state index contributed by atoms with van der Waals surface area (Å²) in [4.78, 5) is 0. The molecule has 0 atom stereocenters. The van der Waals surface area contributed by atoms with Crippen LogP contribution in [0.15, 0.2) is 0 Å². The number of halogens is 1. The van der Waals surface area contributed by atoms with Crippen LogP contribution in [0.1, 0.15) is 195 Å². The van der Waals surface area contributed by atoms with Crippen LogP contribution >= 0.6 is 7.26 Å². The zero-order chi connectivity index (χ0) is 25.7. The Kier molecular flexibility index (Phi) is 34.5. The quantitative estimate of drug-likeness (QED) is 0.0620. The van der Waals surface area contributed by atoms with Gasteiger partial charge in [-0.25, -0.2) is 0 Å². The minimum absolute atomic E-state index is 0. The maximum Gasteiger partial charge on any atom is 0.0594 e. The summed E-state index contributed by atoms with van der Waals surface area (Å²) in [6.07, 6.45) is 45.1. The van der Waals surface area contributed by atoms with Gasteiger partial charge >= 0.3 is 0 Å². The van der Waals surface area contributed by atoms with Crippen LogP contribution in [0.3, 0.4) is 0 Å². The zero-order valence-electron chi connectivity index (χ0n) is 26.0. The zero-order valence-corrected chi connectivity index (χ0v) is 27.7. The fourth-order valence-corrected chi connectivity index (χ4v) is 10.9. The molecule has 0 bridgehead atoms. The molecule has 0 radical (unpaired) electrons. The molecular formula is C34H72ClP. The molecule has 0 aromatic heterocycles. The van der Waals surface area contributed by atoms with Crippen LogP contribution in [0.5, 0.6) is 0 Å². The van der Waals surface area contributed by atoms with Crippen molar-refractivity contribution < 1.29 is 12.4 Å². The van der Waals surface area contributed by atoms with E-state index in [1.807, 2.05) is 0 Å². The van der Waals surface area contributed by atoms with E-state index in [9.17, 15) is 0 Å². The molecule has 0 nitrogen and oxygen atoms in total. The summed E-state index contributed by atoms with van der Waals surface area (Å²) in [6, 6.07) is 0. The lowest BCUT2D eigenvalue weighted by Gasteiger charge is -2.28. The van der Waals surface area contributed by atoms with Gasteiger partial charge in [0.15, 0.2) is 0 Å². The van der Waals surface area contributed by atoms with Crippen molar-refractivity contribution in [1.29, 1.82) is 0 Å². The third-order valence-electron chi connectivity index (χ3n) is 8.44. The number of hydrogen-bond acceptors (Lipinski definition) is 0. The minimum Gasteiger partial charge on any atom is -1.00 e. The van der Waals surface area contributed by atoms with Gasteiger partial charge in [-0.3, -0.25) is 0 Å². The highest BCUT2D eigenvalue weighted by Crippen LogP contribution is 2.61. The molecule has 0 saturated carbocycles. The van der Waals surface area contributed by atoms with Crippen LogP contribution in [0.4, 0.5) is 0 Å². The van der Waals surface area contributed by atoms with Crippen LogP contribution in [-0.2, 0) is 0 Å². The van der Waals surface area contributed by atoms with E-state index in [1.54, 1.807) is 37.5 Å². The van der Waals surface area contributed by atoms with Crippen LogP contribution in [0, 0.1) is 0 Å². The van der Waals surface area contributed by atoms with E-state index in [4.69, 9.17) is 0 Å². The van der Waals surface area contributed by atoms with Crippen molar-refractivity contribution >= 4 is 7.26 Å². The topological polar surface area (TPSA) is 0 Å². The Morgan fingerprint density at radius 3 is 0.667 bits per heavy atom. The van der Waals surface area contributed by atoms with Crippen LogP contribution in [0.25, 0.3) is 0 Å². The fourth-order valence-electron chi connectivity index (χ4n) is 5.93. The Balaban J connectivity index is 0. The molecule has 0 aromatic rings. The Hall–Kier alpha value is 0.720. The average Bonchev–Trinajstić information content (AvgIpc) is 2.86. The lowest BCUT2D eigenvalue weighted by atomic mass is 10.1. The highest BCUT2D eigenvalue weighted by atomic mass is 35.5. The molecule has 220 valence electrons. The van der Waals surface area contributed by atoms with Crippen LogP contribution < -0.4 is 12.4 Å². The lowest BCUT2D eigenvalue weighted by molar-refractivity contribution is -0.00000799. The molecule has 0 aliphatic heterocycles. The van der Waals surface area contributed by atoms with Crippen molar-refractivity contribution in [3.8, 4) is 0 Å². The molecule has 0 amide bonds. The monoisotopic (exact) mass is 547 g/mol. The Labute approximate surface area is 238 Å². The van der Waals surface area contributed by atoms with E-state index in [0.29, 0.717) is 0 Å². The smallest absolute Gasteiger partial charge is 0.0594 e. The largest absolute Gasteiger partial charge is 1.00 e. The summed E-state index contributed by atoms with van der Waals surface area (Å²) in [5, 5.41) is 0. The van der Waals surface area contributed by atoms with Crippen molar-refractivity contribution in [2.75, 3.05) is 24.6 Å². The van der Waals surface area contributed by atoms with E-state index in [2.05, 4.69) is 27.7 Å². The van der Waals surface area contributed by atoms with Gasteiger partial charge < -0.3 is 12.4 Å². The van der Waals surface area contributed by atoms with Crippen molar-refractivity contribution in [2.45, 2.75) is 195 Å². The molecule has 0 aliphatic rings. The molecule has 0 N–H and O–H groups in total. The second-order valence-electron chi connectivity index (χ2n) is 12.0. The predicted octanol–water partition coefficient (Wildman–Crippen LogP) is 10.2. The molecule has 0 aromatic carbocycles. The van der Waals surface area contributed by atoms with Crippen LogP contribution in [0.2, 0.25) is 0 Å². The summed E-state index contributed by atoms with van der Waals surface area (Å²) >= 11 is 0. The third-order valence-corrected chi connectivity index (χ3v) is 13.5. The lowest BCUT2D eigenvalue weighted by Crippen LogP contribution is -3.00. The van der Waals surface area contributed by atoms with E-state index in [1.165, 1.54) is 154 Å². The van der Waals surface area contributed by atoms with Crippen molar-refractivity contribution in [2.24, 2.45) is 0 Å². The molecular weight excluding hydrogens is 475 g/mol. The number of hydrogen-bond donors (Lipinski definition) is 0. The Morgan fingerprint density at radius 2 is 0.417 bits per heavy atom. The first-order valence-electron chi connectivity index (χ1n) is 17.1.